The molecule has 2 aliphatic carbocycles. The Labute approximate surface area is 82.3 Å². The Bertz CT molecular complexity index is 145. The van der Waals surface area contributed by atoms with Crippen molar-refractivity contribution < 1.29 is 0 Å². The van der Waals surface area contributed by atoms with Crippen LogP contribution in [0.5, 0.6) is 0 Å². The van der Waals surface area contributed by atoms with E-state index >= 15 is 0 Å². The van der Waals surface area contributed by atoms with Gasteiger partial charge in [-0.2, -0.15) is 0 Å². The van der Waals surface area contributed by atoms with E-state index in [0.29, 0.717) is 0 Å². The van der Waals surface area contributed by atoms with E-state index in [1.165, 1.54) is 51.4 Å². The highest BCUT2D eigenvalue weighted by Crippen LogP contribution is 2.36. The summed E-state index contributed by atoms with van der Waals surface area (Å²) in [4.78, 5) is 0. The van der Waals surface area contributed by atoms with Crippen molar-refractivity contribution in [3.8, 4) is 0 Å². The van der Waals surface area contributed by atoms with Gasteiger partial charge in [-0.1, -0.05) is 25.7 Å². The van der Waals surface area contributed by atoms with E-state index in [1.807, 2.05) is 0 Å². The molecule has 0 bridgehead atoms. The van der Waals surface area contributed by atoms with E-state index in [1.54, 1.807) is 0 Å². The van der Waals surface area contributed by atoms with E-state index in [2.05, 4.69) is 12.4 Å². The minimum Gasteiger partial charge on any atom is -0.317 e. The van der Waals surface area contributed by atoms with Crippen molar-refractivity contribution in [2.24, 2.45) is 11.8 Å². The molecule has 76 valence electrons. The summed E-state index contributed by atoms with van der Waals surface area (Å²) in [5.74, 6) is 2.11. The van der Waals surface area contributed by atoms with E-state index < -0.39 is 0 Å². The quantitative estimate of drug-likeness (QED) is 0.687. The lowest BCUT2D eigenvalue weighted by Gasteiger charge is -2.17. The lowest BCUT2D eigenvalue weighted by Crippen LogP contribution is -2.27. The lowest BCUT2D eigenvalue weighted by molar-refractivity contribution is 0.395. The minimum absolute atomic E-state index is 0.848. The molecule has 0 saturated heterocycles. The van der Waals surface area contributed by atoms with Crippen molar-refractivity contribution in [3.63, 3.8) is 0 Å². The molecule has 1 nitrogen and oxygen atoms in total. The minimum atomic E-state index is 0.848. The first-order chi connectivity index (χ1) is 6.40. The van der Waals surface area contributed by atoms with Gasteiger partial charge < -0.3 is 5.32 Å². The van der Waals surface area contributed by atoms with Gasteiger partial charge in [0.2, 0.25) is 0 Å². The van der Waals surface area contributed by atoms with E-state index in [0.717, 1.165) is 17.9 Å². The maximum atomic E-state index is 3.49. The van der Waals surface area contributed by atoms with Gasteiger partial charge in [0.1, 0.15) is 0 Å². The summed E-state index contributed by atoms with van der Waals surface area (Å²) in [6.07, 6.45) is 11.9. The molecule has 2 fully saturated rings. The Hall–Kier alpha value is -0.0400. The van der Waals surface area contributed by atoms with Gasteiger partial charge in [0.25, 0.3) is 0 Å². The molecule has 0 amide bonds. The Morgan fingerprint density at radius 1 is 1.15 bits per heavy atom. The van der Waals surface area contributed by atoms with Crippen LogP contribution in [-0.2, 0) is 0 Å². The summed E-state index contributed by atoms with van der Waals surface area (Å²) in [5, 5.41) is 3.49. The van der Waals surface area contributed by atoms with Gasteiger partial charge >= 0.3 is 0 Å². The Morgan fingerprint density at radius 2 is 1.85 bits per heavy atom. The molecule has 0 aromatic rings. The van der Waals surface area contributed by atoms with Crippen molar-refractivity contribution in [1.82, 2.24) is 5.32 Å². The van der Waals surface area contributed by atoms with Crippen LogP contribution < -0.4 is 5.32 Å². The van der Waals surface area contributed by atoms with Crippen LogP contribution in [0.15, 0.2) is 0 Å². The fraction of sp³-hybridized carbons (Fsp3) is 1.00. The zero-order valence-electron chi connectivity index (χ0n) is 8.89. The maximum Gasteiger partial charge on any atom is 0.00924 e. The molecule has 2 saturated carbocycles. The normalized spacial score (nSPS) is 26.5. The Kier molecular flexibility index (Phi) is 3.26. The van der Waals surface area contributed by atoms with Crippen LogP contribution >= 0.6 is 0 Å². The zero-order valence-corrected chi connectivity index (χ0v) is 8.89. The van der Waals surface area contributed by atoms with Crippen molar-refractivity contribution in [2.75, 3.05) is 7.05 Å². The highest BCUT2D eigenvalue weighted by molar-refractivity contribution is 4.86. The summed E-state index contributed by atoms with van der Waals surface area (Å²) in [6.45, 7) is 0. The smallest absolute Gasteiger partial charge is 0.00924 e. The average molecular weight is 181 g/mol. The summed E-state index contributed by atoms with van der Waals surface area (Å²) in [5.41, 5.74) is 0. The van der Waals surface area contributed by atoms with Crippen LogP contribution in [0.2, 0.25) is 0 Å². The molecule has 0 aliphatic heterocycles. The molecule has 1 heteroatoms. The third-order valence-electron chi connectivity index (χ3n) is 3.92. The molecule has 1 unspecified atom stereocenters. The van der Waals surface area contributed by atoms with Crippen LogP contribution in [-0.4, -0.2) is 13.1 Å². The third kappa shape index (κ3) is 2.70. The van der Waals surface area contributed by atoms with Gasteiger partial charge in [0.15, 0.2) is 0 Å². The molecule has 0 radical (unpaired) electrons. The van der Waals surface area contributed by atoms with Gasteiger partial charge in [-0.25, -0.2) is 0 Å². The van der Waals surface area contributed by atoms with Gasteiger partial charge in [-0.3, -0.25) is 0 Å². The first-order valence-corrected chi connectivity index (χ1v) is 6.07. The van der Waals surface area contributed by atoms with Gasteiger partial charge in [0.05, 0.1) is 0 Å². The van der Waals surface area contributed by atoms with Gasteiger partial charge in [-0.05, 0) is 44.6 Å². The summed E-state index contributed by atoms with van der Waals surface area (Å²) in [7, 11) is 2.14. The average Bonchev–Trinajstić information content (AvgIpc) is 2.84. The molecular weight excluding hydrogens is 158 g/mol. The van der Waals surface area contributed by atoms with Crippen LogP contribution in [0.25, 0.3) is 0 Å². The highest BCUT2D eigenvalue weighted by atomic mass is 14.9. The second-order valence-electron chi connectivity index (χ2n) is 4.96. The molecular formula is C12H23N. The molecule has 2 aliphatic rings. The maximum absolute atomic E-state index is 3.49. The predicted octanol–water partition coefficient (Wildman–Crippen LogP) is 2.95. The standard InChI is InChI=1S/C12H23N/c1-13-12(11-7-8-11)9-6-10-4-2-3-5-10/h10-13H,2-9H2,1H3. The number of nitrogens with one attached hydrogen (secondary N) is 1. The molecule has 13 heavy (non-hydrogen) atoms. The van der Waals surface area contributed by atoms with Gasteiger partial charge in [-0.15, -0.1) is 0 Å². The third-order valence-corrected chi connectivity index (χ3v) is 3.92. The topological polar surface area (TPSA) is 12.0 Å². The molecule has 0 aromatic heterocycles. The number of hydrogen-bond acceptors (Lipinski definition) is 1. The van der Waals surface area contributed by atoms with Crippen LogP contribution in [0, 0.1) is 11.8 Å². The number of hydrogen-bond donors (Lipinski definition) is 1. The van der Waals surface area contributed by atoms with Crippen molar-refractivity contribution in [2.45, 2.75) is 57.4 Å². The summed E-state index contributed by atoms with van der Waals surface area (Å²) < 4.78 is 0. The molecule has 1 N–H and O–H groups in total. The van der Waals surface area contributed by atoms with Crippen molar-refractivity contribution in [1.29, 1.82) is 0 Å². The predicted molar refractivity (Wildman–Crippen MR) is 56.8 cm³/mol. The fourth-order valence-electron chi connectivity index (χ4n) is 2.83. The first-order valence-electron chi connectivity index (χ1n) is 6.07. The summed E-state index contributed by atoms with van der Waals surface area (Å²) >= 11 is 0. The van der Waals surface area contributed by atoms with Crippen LogP contribution in [0.3, 0.4) is 0 Å². The first kappa shape index (κ1) is 9.51. The molecule has 0 aromatic carbocycles. The van der Waals surface area contributed by atoms with E-state index in [-0.39, 0.29) is 0 Å². The zero-order chi connectivity index (χ0) is 9.10. The van der Waals surface area contributed by atoms with E-state index in [9.17, 15) is 0 Å². The van der Waals surface area contributed by atoms with Crippen LogP contribution in [0.4, 0.5) is 0 Å². The largest absolute Gasteiger partial charge is 0.317 e. The van der Waals surface area contributed by atoms with Crippen LogP contribution in [0.1, 0.15) is 51.4 Å². The molecule has 0 spiro atoms. The van der Waals surface area contributed by atoms with Gasteiger partial charge in [0, 0.05) is 6.04 Å². The summed E-state index contributed by atoms with van der Waals surface area (Å²) in [6, 6.07) is 0.848. The monoisotopic (exact) mass is 181 g/mol. The second-order valence-corrected chi connectivity index (χ2v) is 4.96. The second kappa shape index (κ2) is 4.45. The Morgan fingerprint density at radius 3 is 2.38 bits per heavy atom. The fourth-order valence-corrected chi connectivity index (χ4v) is 2.83. The number of rotatable bonds is 5. The molecule has 0 heterocycles. The van der Waals surface area contributed by atoms with Crippen molar-refractivity contribution >= 4 is 0 Å². The lowest BCUT2D eigenvalue weighted by atomic mass is 9.96. The SMILES string of the molecule is CNC(CCC1CCCC1)C1CC1. The molecule has 1 atom stereocenters. The Balaban J connectivity index is 1.64. The van der Waals surface area contributed by atoms with E-state index in [4.69, 9.17) is 0 Å². The van der Waals surface area contributed by atoms with Crippen molar-refractivity contribution in [3.05, 3.63) is 0 Å². The highest BCUT2D eigenvalue weighted by Gasteiger charge is 2.30. The molecule has 2 rings (SSSR count).